The van der Waals surface area contributed by atoms with Crippen LogP contribution in [-0.4, -0.2) is 53.8 Å². The predicted octanol–water partition coefficient (Wildman–Crippen LogP) is 3.58. The second kappa shape index (κ2) is 8.34. The third-order valence-electron chi connectivity index (χ3n) is 5.02. The Morgan fingerprint density at radius 1 is 1.10 bits per heavy atom. The summed E-state index contributed by atoms with van der Waals surface area (Å²) >= 11 is 0. The lowest BCUT2D eigenvalue weighted by molar-refractivity contribution is 0.0740. The highest BCUT2D eigenvalue weighted by Crippen LogP contribution is 2.29. The molecule has 29 heavy (non-hydrogen) atoms. The summed E-state index contributed by atoms with van der Waals surface area (Å²) in [6.07, 6.45) is 0. The number of hydrogen-bond donors (Lipinski definition) is 1. The zero-order valence-electron chi connectivity index (χ0n) is 16.3. The Labute approximate surface area is 168 Å². The van der Waals surface area contributed by atoms with Crippen LogP contribution in [0.5, 0.6) is 5.75 Å². The Hall–Kier alpha value is -3.35. The van der Waals surface area contributed by atoms with Crippen molar-refractivity contribution in [1.82, 2.24) is 15.1 Å². The van der Waals surface area contributed by atoms with Crippen molar-refractivity contribution in [3.63, 3.8) is 0 Å². The van der Waals surface area contributed by atoms with E-state index in [1.54, 1.807) is 18.2 Å². The number of amides is 1. The molecule has 0 atom stereocenters. The SMILES string of the molecule is CCOc1ccccc1N1CCN(C(=O)c2cc(-c3ccc(F)cc3)n[nH]2)CC1. The standard InChI is InChI=1S/C22H23FN4O2/c1-2-29-21-6-4-3-5-20(21)26-11-13-27(14-12-26)22(28)19-15-18(24-25-19)16-7-9-17(23)10-8-16/h3-10,15H,2,11-14H2,1H3,(H,24,25). The Morgan fingerprint density at radius 3 is 2.55 bits per heavy atom. The molecular weight excluding hydrogens is 371 g/mol. The van der Waals surface area contributed by atoms with Crippen LogP contribution in [0.1, 0.15) is 17.4 Å². The lowest BCUT2D eigenvalue weighted by atomic mass is 10.1. The van der Waals surface area contributed by atoms with Gasteiger partial charge in [-0.3, -0.25) is 9.89 Å². The molecule has 0 aliphatic carbocycles. The van der Waals surface area contributed by atoms with Gasteiger partial charge in [0.25, 0.3) is 5.91 Å². The highest BCUT2D eigenvalue weighted by atomic mass is 19.1. The fourth-order valence-corrected chi connectivity index (χ4v) is 3.52. The summed E-state index contributed by atoms with van der Waals surface area (Å²) in [6, 6.07) is 15.7. The van der Waals surface area contributed by atoms with Gasteiger partial charge in [-0.1, -0.05) is 12.1 Å². The van der Waals surface area contributed by atoms with Gasteiger partial charge in [0.05, 0.1) is 18.0 Å². The van der Waals surface area contributed by atoms with Crippen molar-refractivity contribution >= 4 is 11.6 Å². The van der Waals surface area contributed by atoms with Crippen molar-refractivity contribution in [3.05, 3.63) is 66.1 Å². The van der Waals surface area contributed by atoms with Crippen molar-refractivity contribution in [2.24, 2.45) is 0 Å². The maximum absolute atomic E-state index is 13.1. The predicted molar refractivity (Wildman–Crippen MR) is 110 cm³/mol. The highest BCUT2D eigenvalue weighted by Gasteiger charge is 2.25. The first-order valence-corrected chi connectivity index (χ1v) is 9.73. The molecule has 0 spiro atoms. The van der Waals surface area contributed by atoms with E-state index < -0.39 is 0 Å². The lowest BCUT2D eigenvalue weighted by Crippen LogP contribution is -2.49. The van der Waals surface area contributed by atoms with E-state index >= 15 is 0 Å². The van der Waals surface area contributed by atoms with Crippen LogP contribution in [0, 0.1) is 5.82 Å². The molecule has 1 aliphatic heterocycles. The van der Waals surface area contributed by atoms with Crippen molar-refractivity contribution in [2.45, 2.75) is 6.92 Å². The number of aromatic nitrogens is 2. The molecular formula is C22H23FN4O2. The number of piperazine rings is 1. The van der Waals surface area contributed by atoms with Crippen LogP contribution >= 0.6 is 0 Å². The fraction of sp³-hybridized carbons (Fsp3) is 0.273. The molecule has 2 aromatic carbocycles. The summed E-state index contributed by atoms with van der Waals surface area (Å²) in [7, 11) is 0. The molecule has 1 aromatic heterocycles. The number of carbonyl (C=O) groups excluding carboxylic acids is 1. The summed E-state index contributed by atoms with van der Waals surface area (Å²) in [4.78, 5) is 16.9. The second-order valence-electron chi connectivity index (χ2n) is 6.85. The van der Waals surface area contributed by atoms with Gasteiger partial charge in [0, 0.05) is 31.7 Å². The van der Waals surface area contributed by atoms with Crippen LogP contribution in [-0.2, 0) is 0 Å². The molecule has 150 valence electrons. The van der Waals surface area contributed by atoms with Crippen molar-refractivity contribution < 1.29 is 13.9 Å². The van der Waals surface area contributed by atoms with Gasteiger partial charge in [0.2, 0.25) is 0 Å². The third kappa shape index (κ3) is 4.08. The van der Waals surface area contributed by atoms with E-state index in [0.717, 1.165) is 30.1 Å². The molecule has 1 fully saturated rings. The third-order valence-corrected chi connectivity index (χ3v) is 5.02. The first-order chi connectivity index (χ1) is 14.2. The minimum atomic E-state index is -0.302. The van der Waals surface area contributed by atoms with E-state index in [0.29, 0.717) is 31.1 Å². The largest absolute Gasteiger partial charge is 0.492 e. The first-order valence-electron chi connectivity index (χ1n) is 9.73. The van der Waals surface area contributed by atoms with E-state index in [-0.39, 0.29) is 11.7 Å². The van der Waals surface area contributed by atoms with E-state index in [1.807, 2.05) is 36.1 Å². The summed E-state index contributed by atoms with van der Waals surface area (Å²) < 4.78 is 18.8. The average Bonchev–Trinajstić information content (AvgIpc) is 3.25. The quantitative estimate of drug-likeness (QED) is 0.719. The monoisotopic (exact) mass is 394 g/mol. The number of aromatic amines is 1. The number of hydrogen-bond acceptors (Lipinski definition) is 4. The van der Waals surface area contributed by atoms with Gasteiger partial charge < -0.3 is 14.5 Å². The van der Waals surface area contributed by atoms with Gasteiger partial charge in [0.1, 0.15) is 17.3 Å². The molecule has 1 saturated heterocycles. The van der Waals surface area contributed by atoms with Crippen LogP contribution in [0.25, 0.3) is 11.3 Å². The lowest BCUT2D eigenvalue weighted by Gasteiger charge is -2.36. The van der Waals surface area contributed by atoms with Crippen LogP contribution in [0.2, 0.25) is 0 Å². The molecule has 0 radical (unpaired) electrons. The van der Waals surface area contributed by atoms with Crippen LogP contribution < -0.4 is 9.64 Å². The number of anilines is 1. The number of para-hydroxylation sites is 2. The van der Waals surface area contributed by atoms with Gasteiger partial charge >= 0.3 is 0 Å². The fourth-order valence-electron chi connectivity index (χ4n) is 3.52. The molecule has 2 heterocycles. The van der Waals surface area contributed by atoms with E-state index in [9.17, 15) is 9.18 Å². The molecule has 0 saturated carbocycles. The average molecular weight is 394 g/mol. The number of ether oxygens (including phenoxy) is 1. The minimum absolute atomic E-state index is 0.0800. The zero-order valence-corrected chi connectivity index (χ0v) is 16.3. The summed E-state index contributed by atoms with van der Waals surface area (Å²) in [5.41, 5.74) is 2.88. The number of nitrogens with zero attached hydrogens (tertiary/aromatic N) is 3. The van der Waals surface area contributed by atoms with Crippen LogP contribution in [0.15, 0.2) is 54.6 Å². The first kappa shape index (κ1) is 19.0. The second-order valence-corrected chi connectivity index (χ2v) is 6.85. The minimum Gasteiger partial charge on any atom is -0.492 e. The maximum Gasteiger partial charge on any atom is 0.272 e. The highest BCUT2D eigenvalue weighted by molar-refractivity contribution is 5.93. The van der Waals surface area contributed by atoms with Gasteiger partial charge in [0.15, 0.2) is 0 Å². The van der Waals surface area contributed by atoms with Crippen molar-refractivity contribution in [3.8, 4) is 17.0 Å². The van der Waals surface area contributed by atoms with Crippen LogP contribution in [0.3, 0.4) is 0 Å². The molecule has 1 N–H and O–H groups in total. The van der Waals surface area contributed by atoms with Gasteiger partial charge in [-0.2, -0.15) is 5.10 Å². The normalized spacial score (nSPS) is 14.1. The van der Waals surface area contributed by atoms with E-state index in [4.69, 9.17) is 4.74 Å². The molecule has 4 rings (SSSR count). The molecule has 3 aromatic rings. The number of halogens is 1. The number of carbonyl (C=O) groups is 1. The van der Waals surface area contributed by atoms with Crippen molar-refractivity contribution in [1.29, 1.82) is 0 Å². The smallest absolute Gasteiger partial charge is 0.272 e. The maximum atomic E-state index is 13.1. The summed E-state index contributed by atoms with van der Waals surface area (Å²) in [5, 5.41) is 7.02. The Balaban J connectivity index is 1.41. The molecule has 6 nitrogen and oxygen atoms in total. The summed E-state index contributed by atoms with van der Waals surface area (Å²) in [6.45, 7) is 5.28. The Bertz CT molecular complexity index is 978. The molecule has 0 unspecified atom stereocenters. The van der Waals surface area contributed by atoms with E-state index in [2.05, 4.69) is 15.1 Å². The van der Waals surface area contributed by atoms with Gasteiger partial charge in [-0.05, 0) is 49.4 Å². The van der Waals surface area contributed by atoms with Gasteiger partial charge in [-0.25, -0.2) is 4.39 Å². The zero-order chi connectivity index (χ0) is 20.2. The molecule has 0 bridgehead atoms. The van der Waals surface area contributed by atoms with Crippen molar-refractivity contribution in [2.75, 3.05) is 37.7 Å². The number of nitrogens with one attached hydrogen (secondary N) is 1. The van der Waals surface area contributed by atoms with Crippen LogP contribution in [0.4, 0.5) is 10.1 Å². The number of benzene rings is 2. The Morgan fingerprint density at radius 2 is 1.83 bits per heavy atom. The number of H-pyrrole nitrogens is 1. The summed E-state index contributed by atoms with van der Waals surface area (Å²) in [5.74, 6) is 0.486. The van der Waals surface area contributed by atoms with E-state index in [1.165, 1.54) is 12.1 Å². The molecule has 1 amide bonds. The van der Waals surface area contributed by atoms with Gasteiger partial charge in [-0.15, -0.1) is 0 Å². The molecule has 7 heteroatoms. The number of rotatable bonds is 5. The molecule has 1 aliphatic rings. The Kier molecular flexibility index (Phi) is 5.46. The topological polar surface area (TPSA) is 61.5 Å².